The van der Waals surface area contributed by atoms with Gasteiger partial charge in [-0.1, -0.05) is 27.2 Å². The van der Waals surface area contributed by atoms with Gasteiger partial charge in [0.15, 0.2) is 0 Å². The average Bonchev–Trinajstić information content (AvgIpc) is 2.79. The van der Waals surface area contributed by atoms with E-state index in [2.05, 4.69) is 20.8 Å². The van der Waals surface area contributed by atoms with Gasteiger partial charge in [-0.15, -0.1) is 0 Å². The summed E-state index contributed by atoms with van der Waals surface area (Å²) in [5.74, 6) is -0.755. The molecule has 1 unspecified atom stereocenters. The number of carboxylic acids is 1. The molecule has 0 bridgehead atoms. The van der Waals surface area contributed by atoms with Crippen molar-refractivity contribution in [3.05, 3.63) is 0 Å². The second-order valence-electron chi connectivity index (χ2n) is 9.06. The van der Waals surface area contributed by atoms with Crippen molar-refractivity contribution in [1.82, 2.24) is 4.90 Å². The second kappa shape index (κ2) is 5.67. The van der Waals surface area contributed by atoms with Crippen LogP contribution >= 0.6 is 0 Å². The number of nitrogens with zero attached hydrogens (tertiary/aromatic N) is 1. The van der Waals surface area contributed by atoms with Crippen molar-refractivity contribution >= 4 is 12.1 Å². The van der Waals surface area contributed by atoms with Gasteiger partial charge in [-0.05, 0) is 56.8 Å². The molecule has 5 nitrogen and oxygen atoms in total. The molecule has 0 spiro atoms. The molecule has 0 radical (unpaired) electrons. The largest absolute Gasteiger partial charge is 0.480 e. The van der Waals surface area contributed by atoms with Gasteiger partial charge in [0.25, 0.3) is 0 Å². The Morgan fingerprint density at radius 1 is 1.17 bits per heavy atom. The fourth-order valence-corrected chi connectivity index (χ4v) is 3.96. The van der Waals surface area contributed by atoms with Crippen LogP contribution in [-0.2, 0) is 9.53 Å². The monoisotopic (exact) mass is 325 g/mol. The van der Waals surface area contributed by atoms with Gasteiger partial charge in [0.1, 0.15) is 11.6 Å². The smallest absolute Gasteiger partial charge is 0.411 e. The van der Waals surface area contributed by atoms with Crippen LogP contribution in [0, 0.1) is 16.7 Å². The molecule has 0 aromatic carbocycles. The highest BCUT2D eigenvalue weighted by Gasteiger charge is 2.54. The maximum absolute atomic E-state index is 12.4. The number of carbonyl (C=O) groups is 2. The quantitative estimate of drug-likeness (QED) is 0.854. The minimum absolute atomic E-state index is 0.00964. The predicted octanol–water partition coefficient (Wildman–Crippen LogP) is 3.91. The van der Waals surface area contributed by atoms with Crippen LogP contribution < -0.4 is 0 Å². The minimum atomic E-state index is -0.937. The van der Waals surface area contributed by atoms with Gasteiger partial charge in [0, 0.05) is 6.54 Å². The Morgan fingerprint density at radius 3 is 2.13 bits per heavy atom. The number of hydrogen-bond donors (Lipinski definition) is 1. The van der Waals surface area contributed by atoms with E-state index >= 15 is 0 Å². The van der Waals surface area contributed by atoms with E-state index in [4.69, 9.17) is 4.74 Å². The summed E-state index contributed by atoms with van der Waals surface area (Å²) in [4.78, 5) is 25.5. The second-order valence-corrected chi connectivity index (χ2v) is 9.06. The first-order valence-electron chi connectivity index (χ1n) is 8.60. The molecule has 5 heteroatoms. The van der Waals surface area contributed by atoms with Crippen LogP contribution in [-0.4, -0.2) is 40.3 Å². The molecule has 2 atom stereocenters. The summed E-state index contributed by atoms with van der Waals surface area (Å²) >= 11 is 0. The lowest BCUT2D eigenvalue weighted by Gasteiger charge is -2.54. The molecule has 0 aromatic rings. The summed E-state index contributed by atoms with van der Waals surface area (Å²) in [5, 5.41) is 9.54. The fraction of sp³-hybridized carbons (Fsp3) is 0.889. The zero-order chi connectivity index (χ0) is 17.6. The van der Waals surface area contributed by atoms with Crippen LogP contribution in [0.5, 0.6) is 0 Å². The van der Waals surface area contributed by atoms with Gasteiger partial charge in [0.05, 0.1) is 0 Å². The first-order valence-corrected chi connectivity index (χ1v) is 8.60. The predicted molar refractivity (Wildman–Crippen MR) is 88.2 cm³/mol. The van der Waals surface area contributed by atoms with Gasteiger partial charge >= 0.3 is 12.1 Å². The number of likely N-dealkylation sites (tertiary alicyclic amines) is 1. The number of rotatable bonds is 3. The third-order valence-corrected chi connectivity index (χ3v) is 6.25. The van der Waals surface area contributed by atoms with Crippen LogP contribution in [0.2, 0.25) is 0 Å². The highest BCUT2D eigenvalue weighted by molar-refractivity contribution is 5.81. The van der Waals surface area contributed by atoms with Crippen molar-refractivity contribution in [3.63, 3.8) is 0 Å². The number of carboxylic acid groups (broad SMARTS) is 1. The van der Waals surface area contributed by atoms with Crippen LogP contribution in [0.25, 0.3) is 0 Å². The van der Waals surface area contributed by atoms with Crippen molar-refractivity contribution in [1.29, 1.82) is 0 Å². The van der Waals surface area contributed by atoms with E-state index in [-0.39, 0.29) is 16.7 Å². The van der Waals surface area contributed by atoms with Gasteiger partial charge in [0.2, 0.25) is 0 Å². The first-order chi connectivity index (χ1) is 10.4. The van der Waals surface area contributed by atoms with Crippen LogP contribution in [0.3, 0.4) is 0 Å². The lowest BCUT2D eigenvalue weighted by atomic mass is 9.51. The Labute approximate surface area is 139 Å². The summed E-state index contributed by atoms with van der Waals surface area (Å²) in [6.45, 7) is 12.6. The molecule has 23 heavy (non-hydrogen) atoms. The molecule has 1 saturated heterocycles. The Hall–Kier alpha value is -1.26. The van der Waals surface area contributed by atoms with Crippen LogP contribution in [0.15, 0.2) is 0 Å². The minimum Gasteiger partial charge on any atom is -0.480 e. The molecule has 2 rings (SSSR count). The summed E-state index contributed by atoms with van der Waals surface area (Å²) in [6, 6.07) is -0.780. The topological polar surface area (TPSA) is 66.8 Å². The molecular weight excluding hydrogens is 294 g/mol. The SMILES string of the molecule is CC(C)(C)OC(=O)N1CC(C(C)(C)C2(C)CCC2)C[C@H]1C(=O)O. The van der Waals surface area contributed by atoms with Crippen molar-refractivity contribution in [2.24, 2.45) is 16.7 Å². The van der Waals surface area contributed by atoms with Crippen molar-refractivity contribution < 1.29 is 19.4 Å². The molecule has 1 amide bonds. The summed E-state index contributed by atoms with van der Waals surface area (Å²) in [6.07, 6.45) is 3.60. The van der Waals surface area contributed by atoms with E-state index in [0.29, 0.717) is 13.0 Å². The summed E-state index contributed by atoms with van der Waals surface area (Å²) < 4.78 is 5.41. The van der Waals surface area contributed by atoms with Crippen LogP contribution in [0.4, 0.5) is 4.79 Å². The maximum atomic E-state index is 12.4. The Morgan fingerprint density at radius 2 is 1.74 bits per heavy atom. The molecular formula is C18H31NO4. The first kappa shape index (κ1) is 18.1. The van der Waals surface area contributed by atoms with Gasteiger partial charge in [-0.25, -0.2) is 9.59 Å². The highest BCUT2D eigenvalue weighted by atomic mass is 16.6. The molecule has 1 heterocycles. The third-order valence-electron chi connectivity index (χ3n) is 6.25. The Balaban J connectivity index is 2.18. The highest BCUT2D eigenvalue weighted by Crippen LogP contribution is 2.58. The average molecular weight is 325 g/mol. The van der Waals surface area contributed by atoms with Gasteiger partial charge in [-0.3, -0.25) is 4.90 Å². The van der Waals surface area contributed by atoms with Crippen LogP contribution in [0.1, 0.15) is 67.2 Å². The number of amides is 1. The number of carbonyl (C=O) groups excluding carboxylic acids is 1. The van der Waals surface area contributed by atoms with Crippen molar-refractivity contribution in [3.8, 4) is 0 Å². The number of ether oxygens (including phenoxy) is 1. The van der Waals surface area contributed by atoms with E-state index in [1.807, 2.05) is 0 Å². The number of aliphatic carboxylic acids is 1. The molecule has 2 fully saturated rings. The van der Waals surface area contributed by atoms with E-state index in [1.54, 1.807) is 20.8 Å². The van der Waals surface area contributed by atoms with Crippen molar-refractivity contribution in [2.45, 2.75) is 78.9 Å². The van der Waals surface area contributed by atoms with Crippen molar-refractivity contribution in [2.75, 3.05) is 6.54 Å². The molecule has 1 saturated carbocycles. The molecule has 132 valence electrons. The normalized spacial score (nSPS) is 27.5. The third kappa shape index (κ3) is 3.33. The van der Waals surface area contributed by atoms with Gasteiger partial charge in [-0.2, -0.15) is 0 Å². The fourth-order valence-electron chi connectivity index (χ4n) is 3.96. The maximum Gasteiger partial charge on any atom is 0.411 e. The van der Waals surface area contributed by atoms with E-state index < -0.39 is 23.7 Å². The standard InChI is InChI=1S/C18H31NO4/c1-16(2,3)23-15(22)19-11-12(10-13(19)14(20)21)17(4,5)18(6)8-7-9-18/h12-13H,7-11H2,1-6H3,(H,20,21)/t12?,13-/m0/s1. The van der Waals surface area contributed by atoms with Gasteiger partial charge < -0.3 is 9.84 Å². The zero-order valence-electron chi connectivity index (χ0n) is 15.3. The number of hydrogen-bond acceptors (Lipinski definition) is 3. The van der Waals surface area contributed by atoms with E-state index in [1.165, 1.54) is 24.2 Å². The molecule has 2 aliphatic rings. The van der Waals surface area contributed by atoms with E-state index in [9.17, 15) is 14.7 Å². The Kier molecular flexibility index (Phi) is 4.46. The summed E-state index contributed by atoms with van der Waals surface area (Å²) in [7, 11) is 0. The molecule has 1 aliphatic heterocycles. The lowest BCUT2D eigenvalue weighted by Crippen LogP contribution is -2.47. The summed E-state index contributed by atoms with van der Waals surface area (Å²) in [5.41, 5.74) is -0.367. The zero-order valence-corrected chi connectivity index (χ0v) is 15.3. The Bertz CT molecular complexity index is 488. The lowest BCUT2D eigenvalue weighted by molar-refractivity contribution is -0.142. The van der Waals surface area contributed by atoms with E-state index in [0.717, 1.165) is 0 Å². The molecule has 1 N–H and O–H groups in total. The molecule has 0 aromatic heterocycles. The molecule has 1 aliphatic carbocycles.